The number of nitrogens with one attached hydrogen (secondary N) is 1. The number of hydrogen-bond acceptors (Lipinski definition) is 4. The molecule has 1 aliphatic rings. The molecule has 0 saturated carbocycles. The second-order valence-corrected chi connectivity index (χ2v) is 6.19. The van der Waals surface area contributed by atoms with Crippen molar-refractivity contribution in [3.63, 3.8) is 0 Å². The van der Waals surface area contributed by atoms with Crippen LogP contribution in [0.4, 0.5) is 5.69 Å². The van der Waals surface area contributed by atoms with Gasteiger partial charge in [-0.15, -0.1) is 0 Å². The lowest BCUT2D eigenvalue weighted by molar-refractivity contribution is -0.115. The molecule has 1 aromatic carbocycles. The Bertz CT molecular complexity index is 726. The summed E-state index contributed by atoms with van der Waals surface area (Å²) in [7, 11) is 0. The van der Waals surface area contributed by atoms with Gasteiger partial charge in [0.1, 0.15) is 0 Å². The summed E-state index contributed by atoms with van der Waals surface area (Å²) in [5, 5.41) is 3.35. The van der Waals surface area contributed by atoms with Crippen molar-refractivity contribution >= 4 is 50.5 Å². The Labute approximate surface area is 134 Å². The third-order valence-corrected chi connectivity index (χ3v) is 4.15. The summed E-state index contributed by atoms with van der Waals surface area (Å²) in [6.45, 7) is 0. The first-order chi connectivity index (χ1) is 10.2. The van der Waals surface area contributed by atoms with Crippen LogP contribution in [-0.2, 0) is 4.79 Å². The quantitative estimate of drug-likeness (QED) is 0.831. The molecule has 1 N–H and O–H groups in total. The van der Waals surface area contributed by atoms with E-state index < -0.39 is 0 Å². The Morgan fingerprint density at radius 3 is 2.57 bits per heavy atom. The van der Waals surface area contributed by atoms with E-state index >= 15 is 0 Å². The van der Waals surface area contributed by atoms with Crippen LogP contribution in [0.2, 0.25) is 0 Å². The summed E-state index contributed by atoms with van der Waals surface area (Å²) in [6.07, 6.45) is 5.22. The fraction of sp³-hybridized carbons (Fsp3) is 0. The second kappa shape index (κ2) is 6.24. The number of thioether (sulfide) groups is 1. The normalized spacial score (nSPS) is 18.2. The molecular weight excluding hydrogens is 350 g/mol. The first kappa shape index (κ1) is 14.0. The molecule has 0 unspecified atom stereocenters. The number of nitrogens with zero attached hydrogens (tertiary/aromatic N) is 2. The minimum atomic E-state index is -0.132. The van der Waals surface area contributed by atoms with Crippen molar-refractivity contribution in [3.05, 3.63) is 63.7 Å². The minimum Gasteiger partial charge on any atom is -0.300 e. The largest absolute Gasteiger partial charge is 0.300 e. The molecule has 0 bridgehead atoms. The fourth-order valence-electron chi connectivity index (χ4n) is 1.72. The molecule has 1 aromatic heterocycles. The lowest BCUT2D eigenvalue weighted by Gasteiger charge is -1.96. The third kappa shape index (κ3) is 3.59. The van der Waals surface area contributed by atoms with Crippen LogP contribution in [0.25, 0.3) is 6.08 Å². The van der Waals surface area contributed by atoms with Crippen molar-refractivity contribution in [2.75, 3.05) is 0 Å². The van der Waals surface area contributed by atoms with Crippen LogP contribution in [0.5, 0.6) is 0 Å². The zero-order chi connectivity index (χ0) is 14.7. The highest BCUT2D eigenvalue weighted by atomic mass is 79.9. The van der Waals surface area contributed by atoms with E-state index in [1.54, 1.807) is 12.4 Å². The first-order valence-corrected chi connectivity index (χ1v) is 7.77. The van der Waals surface area contributed by atoms with Crippen molar-refractivity contribution in [3.8, 4) is 0 Å². The number of halogens is 1. The van der Waals surface area contributed by atoms with Gasteiger partial charge in [0.25, 0.3) is 5.91 Å². The van der Waals surface area contributed by atoms with E-state index in [-0.39, 0.29) is 5.91 Å². The smallest absolute Gasteiger partial charge is 0.264 e. The van der Waals surface area contributed by atoms with Gasteiger partial charge >= 0.3 is 0 Å². The number of hydrogen-bond donors (Lipinski definition) is 1. The monoisotopic (exact) mass is 359 g/mol. The van der Waals surface area contributed by atoms with E-state index in [9.17, 15) is 4.79 Å². The molecule has 6 heteroatoms. The number of amidine groups is 1. The summed E-state index contributed by atoms with van der Waals surface area (Å²) < 4.78 is 0.993. The van der Waals surface area contributed by atoms with Crippen LogP contribution in [-0.4, -0.2) is 16.1 Å². The lowest BCUT2D eigenvalue weighted by Crippen LogP contribution is -2.19. The maximum absolute atomic E-state index is 11.9. The molecule has 2 heterocycles. The summed E-state index contributed by atoms with van der Waals surface area (Å²) in [4.78, 5) is 20.9. The second-order valence-electron chi connectivity index (χ2n) is 4.24. The molecule has 1 aliphatic heterocycles. The van der Waals surface area contributed by atoms with E-state index in [1.165, 1.54) is 11.8 Å². The molecule has 3 rings (SSSR count). The SMILES string of the molecule is O=C1NC(=Nc2ccc(Br)cc2)S/C1=C/c1ccncc1. The van der Waals surface area contributed by atoms with Crippen LogP contribution >= 0.6 is 27.7 Å². The van der Waals surface area contributed by atoms with Gasteiger partial charge in [0.05, 0.1) is 10.6 Å². The van der Waals surface area contributed by atoms with Gasteiger partial charge in [-0.2, -0.15) is 0 Å². The Morgan fingerprint density at radius 2 is 1.86 bits per heavy atom. The maximum Gasteiger partial charge on any atom is 0.264 e. The molecule has 4 nitrogen and oxygen atoms in total. The number of carbonyl (C=O) groups excluding carboxylic acids is 1. The molecule has 2 aromatic rings. The summed E-state index contributed by atoms with van der Waals surface area (Å²) in [5.74, 6) is -0.132. The maximum atomic E-state index is 11.9. The van der Waals surface area contributed by atoms with Gasteiger partial charge in [0.15, 0.2) is 5.17 Å². The highest BCUT2D eigenvalue weighted by molar-refractivity contribution is 9.10. The van der Waals surface area contributed by atoms with Gasteiger partial charge in [0, 0.05) is 16.9 Å². The Kier molecular flexibility index (Phi) is 4.17. The highest BCUT2D eigenvalue weighted by Gasteiger charge is 2.23. The van der Waals surface area contributed by atoms with Gasteiger partial charge in [-0.05, 0) is 59.8 Å². The minimum absolute atomic E-state index is 0.132. The van der Waals surface area contributed by atoms with Crippen molar-refractivity contribution in [2.45, 2.75) is 0 Å². The van der Waals surface area contributed by atoms with E-state index in [0.717, 1.165) is 15.7 Å². The van der Waals surface area contributed by atoms with E-state index in [2.05, 4.69) is 31.2 Å². The molecule has 0 aliphatic carbocycles. The van der Waals surface area contributed by atoms with E-state index in [4.69, 9.17) is 0 Å². The summed E-state index contributed by atoms with van der Waals surface area (Å²) >= 11 is 4.71. The van der Waals surface area contributed by atoms with Crippen molar-refractivity contribution in [1.82, 2.24) is 10.3 Å². The molecule has 1 amide bonds. The standard InChI is InChI=1S/C15H10BrN3OS/c16-11-1-3-12(4-2-11)18-15-19-14(20)13(21-15)9-10-5-7-17-8-6-10/h1-9H,(H,18,19,20)/b13-9+. The first-order valence-electron chi connectivity index (χ1n) is 6.16. The predicted octanol–water partition coefficient (Wildman–Crippen LogP) is 3.74. The summed E-state index contributed by atoms with van der Waals surface area (Å²) in [6, 6.07) is 11.3. The van der Waals surface area contributed by atoms with E-state index in [0.29, 0.717) is 10.1 Å². The number of benzene rings is 1. The van der Waals surface area contributed by atoms with Crippen molar-refractivity contribution in [1.29, 1.82) is 0 Å². The molecule has 1 saturated heterocycles. The molecule has 0 spiro atoms. The molecule has 104 valence electrons. The number of carbonyl (C=O) groups is 1. The zero-order valence-corrected chi connectivity index (χ0v) is 13.2. The molecular formula is C15H10BrN3OS. The molecule has 1 fully saturated rings. The zero-order valence-electron chi connectivity index (χ0n) is 10.8. The van der Waals surface area contributed by atoms with E-state index in [1.807, 2.05) is 42.5 Å². The average Bonchev–Trinajstić information content (AvgIpc) is 2.82. The number of rotatable bonds is 2. The van der Waals surface area contributed by atoms with Gasteiger partial charge in [-0.3, -0.25) is 9.78 Å². The van der Waals surface area contributed by atoms with Crippen LogP contribution in [0, 0.1) is 0 Å². The van der Waals surface area contributed by atoms with Crippen molar-refractivity contribution < 1.29 is 4.79 Å². The number of aliphatic imine (C=N–C) groups is 1. The Balaban J connectivity index is 1.81. The molecule has 0 atom stereocenters. The number of pyridine rings is 1. The fourth-order valence-corrected chi connectivity index (χ4v) is 2.83. The molecule has 0 radical (unpaired) electrons. The van der Waals surface area contributed by atoms with Crippen LogP contribution in [0.15, 0.2) is 63.2 Å². The van der Waals surface area contributed by atoms with Crippen LogP contribution in [0.1, 0.15) is 5.56 Å². The van der Waals surface area contributed by atoms with Crippen molar-refractivity contribution in [2.24, 2.45) is 4.99 Å². The van der Waals surface area contributed by atoms with Gasteiger partial charge in [0.2, 0.25) is 0 Å². The third-order valence-electron chi connectivity index (χ3n) is 2.71. The average molecular weight is 360 g/mol. The topological polar surface area (TPSA) is 54.4 Å². The number of aromatic nitrogens is 1. The number of amides is 1. The van der Waals surface area contributed by atoms with Crippen LogP contribution < -0.4 is 5.32 Å². The van der Waals surface area contributed by atoms with Crippen LogP contribution in [0.3, 0.4) is 0 Å². The molecule has 21 heavy (non-hydrogen) atoms. The highest BCUT2D eigenvalue weighted by Crippen LogP contribution is 2.28. The summed E-state index contributed by atoms with van der Waals surface area (Å²) in [5.41, 5.74) is 1.73. The Morgan fingerprint density at radius 1 is 1.14 bits per heavy atom. The van der Waals surface area contributed by atoms with Gasteiger partial charge < -0.3 is 5.32 Å². The lowest BCUT2D eigenvalue weighted by atomic mass is 10.2. The predicted molar refractivity (Wildman–Crippen MR) is 89.2 cm³/mol. The van der Waals surface area contributed by atoms with Gasteiger partial charge in [-0.25, -0.2) is 4.99 Å². The van der Waals surface area contributed by atoms with Gasteiger partial charge in [-0.1, -0.05) is 15.9 Å². The Hall–Kier alpha value is -1.92.